The van der Waals surface area contributed by atoms with Crippen molar-refractivity contribution in [3.8, 4) is 0 Å². The molecule has 1 rings (SSSR count). The summed E-state index contributed by atoms with van der Waals surface area (Å²) in [5, 5.41) is 3.26. The first-order valence-corrected chi connectivity index (χ1v) is 6.02. The Morgan fingerprint density at radius 1 is 1.25 bits per heavy atom. The monoisotopic (exact) mass is 234 g/mol. The second-order valence-electron chi connectivity index (χ2n) is 4.02. The lowest BCUT2D eigenvalue weighted by Crippen LogP contribution is -2.45. The van der Waals surface area contributed by atoms with Gasteiger partial charge in [0.05, 0.1) is 18.8 Å². The van der Waals surface area contributed by atoms with E-state index >= 15 is 0 Å². The largest absolute Gasteiger partial charge is 0.382 e. The molecule has 0 bridgehead atoms. The Balaban J connectivity index is 0. The van der Waals surface area contributed by atoms with Crippen LogP contribution in [0.1, 0.15) is 20.8 Å². The van der Waals surface area contributed by atoms with Crippen LogP contribution in [-0.2, 0) is 9.47 Å². The number of hydrogen-bond acceptors (Lipinski definition) is 4. The van der Waals surface area contributed by atoms with Crippen LogP contribution in [0.5, 0.6) is 0 Å². The van der Waals surface area contributed by atoms with Gasteiger partial charge in [0.15, 0.2) is 0 Å². The van der Waals surface area contributed by atoms with E-state index in [1.54, 1.807) is 7.11 Å². The van der Waals surface area contributed by atoms with E-state index in [9.17, 15) is 0 Å². The van der Waals surface area contributed by atoms with Gasteiger partial charge in [-0.15, -0.1) is 0 Å². The zero-order chi connectivity index (χ0) is 13.0. The number of nitrogens with zero attached hydrogens (tertiary/aromatic N) is 1. The molecular weight excluding hydrogens is 204 g/mol. The Hall–Kier alpha value is -0.160. The average molecular weight is 234 g/mol. The molecular formula is C12H30N2O2. The van der Waals surface area contributed by atoms with E-state index in [-0.39, 0.29) is 6.10 Å². The first kappa shape index (κ1) is 18.2. The Bertz CT molecular complexity index is 127. The highest BCUT2D eigenvalue weighted by molar-refractivity contribution is 4.70. The Morgan fingerprint density at radius 2 is 1.75 bits per heavy atom. The molecule has 1 saturated heterocycles. The van der Waals surface area contributed by atoms with Gasteiger partial charge in [-0.2, -0.15) is 0 Å². The minimum absolute atomic E-state index is 0.244. The molecule has 2 atom stereocenters. The molecule has 0 aromatic heterocycles. The van der Waals surface area contributed by atoms with Gasteiger partial charge in [-0.3, -0.25) is 0 Å². The minimum atomic E-state index is 0.244. The summed E-state index contributed by atoms with van der Waals surface area (Å²) in [6.45, 7) is 8.63. The minimum Gasteiger partial charge on any atom is -0.382 e. The fourth-order valence-corrected chi connectivity index (χ4v) is 1.16. The highest BCUT2D eigenvalue weighted by atomic mass is 16.5. The third-order valence-electron chi connectivity index (χ3n) is 1.58. The number of morpholine rings is 1. The van der Waals surface area contributed by atoms with E-state index in [4.69, 9.17) is 9.47 Å². The molecule has 0 saturated carbocycles. The molecule has 1 aliphatic rings. The van der Waals surface area contributed by atoms with Crippen LogP contribution >= 0.6 is 0 Å². The molecule has 1 N–H and O–H groups in total. The lowest BCUT2D eigenvalue weighted by atomic mass is 10.2. The smallest absolute Gasteiger partial charge is 0.0936 e. The molecule has 2 unspecified atom stereocenters. The Kier molecular flexibility index (Phi) is 14.7. The number of ether oxygens (including phenoxy) is 2. The van der Waals surface area contributed by atoms with Crippen LogP contribution in [0, 0.1) is 0 Å². The second kappa shape index (κ2) is 12.9. The molecule has 0 aromatic carbocycles. The van der Waals surface area contributed by atoms with Crippen LogP contribution in [0.4, 0.5) is 0 Å². The number of methoxy groups -OCH3 is 1. The van der Waals surface area contributed by atoms with Gasteiger partial charge in [0.25, 0.3) is 0 Å². The van der Waals surface area contributed by atoms with Crippen molar-refractivity contribution in [2.24, 2.45) is 0 Å². The quantitative estimate of drug-likeness (QED) is 0.779. The normalized spacial score (nSPS) is 24.0. The fourth-order valence-electron chi connectivity index (χ4n) is 1.16. The standard InChI is InChI=1S/C7H15NO2.C3H9N.C2H6/c1-6-3-8-4-7(10-6)5-9-2;1-4(2)3;1-2/h6-8H,3-5H2,1-2H3;1-3H3;1-2H3. The number of hydrogen-bond donors (Lipinski definition) is 1. The zero-order valence-electron chi connectivity index (χ0n) is 12.0. The highest BCUT2D eigenvalue weighted by Crippen LogP contribution is 2.02. The van der Waals surface area contributed by atoms with Crippen molar-refractivity contribution in [3.63, 3.8) is 0 Å². The van der Waals surface area contributed by atoms with Gasteiger partial charge >= 0.3 is 0 Å². The van der Waals surface area contributed by atoms with Crippen molar-refractivity contribution < 1.29 is 9.47 Å². The lowest BCUT2D eigenvalue weighted by Gasteiger charge is -2.27. The predicted molar refractivity (Wildman–Crippen MR) is 70.0 cm³/mol. The SMILES string of the molecule is CC.CN(C)C.COCC1CNCC(C)O1. The van der Waals surface area contributed by atoms with Crippen molar-refractivity contribution in [1.82, 2.24) is 10.2 Å². The van der Waals surface area contributed by atoms with Gasteiger partial charge in [0.1, 0.15) is 0 Å². The van der Waals surface area contributed by atoms with Crippen LogP contribution in [0.25, 0.3) is 0 Å². The maximum absolute atomic E-state index is 5.54. The van der Waals surface area contributed by atoms with E-state index in [1.165, 1.54) is 0 Å². The Labute approximate surface area is 101 Å². The zero-order valence-corrected chi connectivity index (χ0v) is 12.0. The summed E-state index contributed by atoms with van der Waals surface area (Å²) in [5.74, 6) is 0. The molecule has 0 amide bonds. The molecule has 1 fully saturated rings. The molecule has 4 nitrogen and oxygen atoms in total. The fraction of sp³-hybridized carbons (Fsp3) is 1.00. The second-order valence-corrected chi connectivity index (χ2v) is 4.02. The molecule has 1 aliphatic heterocycles. The van der Waals surface area contributed by atoms with Crippen LogP contribution in [0.2, 0.25) is 0 Å². The van der Waals surface area contributed by atoms with Gasteiger partial charge in [0.2, 0.25) is 0 Å². The molecule has 4 heteroatoms. The Morgan fingerprint density at radius 3 is 2.12 bits per heavy atom. The van der Waals surface area contributed by atoms with Crippen molar-refractivity contribution >= 4 is 0 Å². The third kappa shape index (κ3) is 13.8. The number of rotatable bonds is 2. The van der Waals surface area contributed by atoms with Crippen molar-refractivity contribution in [3.05, 3.63) is 0 Å². The maximum atomic E-state index is 5.54. The van der Waals surface area contributed by atoms with E-state index < -0.39 is 0 Å². The van der Waals surface area contributed by atoms with Gasteiger partial charge in [-0.25, -0.2) is 0 Å². The summed E-state index contributed by atoms with van der Waals surface area (Å²) in [6.07, 6.45) is 0.572. The van der Waals surface area contributed by atoms with Crippen LogP contribution in [0.3, 0.4) is 0 Å². The summed E-state index contributed by atoms with van der Waals surface area (Å²) >= 11 is 0. The molecule has 0 aliphatic carbocycles. The molecule has 0 spiro atoms. The van der Waals surface area contributed by atoms with Crippen molar-refractivity contribution in [2.75, 3.05) is 47.9 Å². The summed E-state index contributed by atoms with van der Waals surface area (Å²) in [7, 11) is 7.70. The summed E-state index contributed by atoms with van der Waals surface area (Å²) in [4.78, 5) is 2.00. The van der Waals surface area contributed by atoms with Crippen LogP contribution in [0.15, 0.2) is 0 Å². The van der Waals surface area contributed by atoms with E-state index in [2.05, 4.69) is 12.2 Å². The van der Waals surface area contributed by atoms with Gasteiger partial charge in [-0.05, 0) is 28.1 Å². The van der Waals surface area contributed by atoms with Gasteiger partial charge < -0.3 is 19.7 Å². The molecule has 0 radical (unpaired) electrons. The predicted octanol–water partition coefficient (Wildman–Crippen LogP) is 1.21. The van der Waals surface area contributed by atoms with Crippen LogP contribution in [-0.4, -0.2) is 65.1 Å². The van der Waals surface area contributed by atoms with Gasteiger partial charge in [-0.1, -0.05) is 13.8 Å². The first-order chi connectivity index (χ1) is 7.56. The molecule has 0 aromatic rings. The molecule has 100 valence electrons. The topological polar surface area (TPSA) is 33.7 Å². The molecule has 1 heterocycles. The summed E-state index contributed by atoms with van der Waals surface area (Å²) < 4.78 is 10.5. The van der Waals surface area contributed by atoms with E-state index in [0.717, 1.165) is 13.1 Å². The summed E-state index contributed by atoms with van der Waals surface area (Å²) in [5.41, 5.74) is 0. The lowest BCUT2D eigenvalue weighted by molar-refractivity contribution is -0.0602. The third-order valence-corrected chi connectivity index (χ3v) is 1.58. The number of nitrogens with one attached hydrogen (secondary N) is 1. The highest BCUT2D eigenvalue weighted by Gasteiger charge is 2.17. The molecule has 16 heavy (non-hydrogen) atoms. The van der Waals surface area contributed by atoms with Crippen molar-refractivity contribution in [1.29, 1.82) is 0 Å². The maximum Gasteiger partial charge on any atom is 0.0936 e. The van der Waals surface area contributed by atoms with E-state index in [1.807, 2.05) is 39.9 Å². The van der Waals surface area contributed by atoms with Gasteiger partial charge in [0, 0.05) is 20.2 Å². The first-order valence-electron chi connectivity index (χ1n) is 6.02. The van der Waals surface area contributed by atoms with Crippen molar-refractivity contribution in [2.45, 2.75) is 33.0 Å². The average Bonchev–Trinajstić information content (AvgIpc) is 2.20. The summed E-state index contributed by atoms with van der Waals surface area (Å²) in [6, 6.07) is 0. The van der Waals surface area contributed by atoms with E-state index in [0.29, 0.717) is 12.7 Å². The van der Waals surface area contributed by atoms with Crippen LogP contribution < -0.4 is 5.32 Å².